The molecule has 2 aromatic carbocycles. The van der Waals surface area contributed by atoms with Gasteiger partial charge in [0.05, 0.1) is 27.4 Å². The van der Waals surface area contributed by atoms with Crippen molar-refractivity contribution in [3.05, 3.63) is 47.5 Å². The number of benzene rings is 2. The summed E-state index contributed by atoms with van der Waals surface area (Å²) in [6.45, 7) is 3.83. The molecule has 2 aromatic rings. The molecule has 0 saturated heterocycles. The fraction of sp³-hybridized carbons (Fsp3) is 0.250. The van der Waals surface area contributed by atoms with Crippen LogP contribution in [-0.2, 0) is 9.73 Å². The maximum Gasteiger partial charge on any atom is 0.120 e. The molecule has 21 heavy (non-hydrogen) atoms. The van der Waals surface area contributed by atoms with Crippen LogP contribution in [0.1, 0.15) is 11.1 Å². The Balaban J connectivity index is 2.57. The summed E-state index contributed by atoms with van der Waals surface area (Å²) >= 11 is 0. The van der Waals surface area contributed by atoms with Gasteiger partial charge in [-0.05, 0) is 55.3 Å². The first-order chi connectivity index (χ1) is 9.83. The highest BCUT2D eigenvalue weighted by Crippen LogP contribution is 2.28. The third kappa shape index (κ3) is 3.36. The maximum atomic E-state index is 12.9. The van der Waals surface area contributed by atoms with Gasteiger partial charge in [0.25, 0.3) is 0 Å². The van der Waals surface area contributed by atoms with E-state index >= 15 is 0 Å². The van der Waals surface area contributed by atoms with Crippen LogP contribution in [-0.4, -0.2) is 17.6 Å². The largest absolute Gasteiger partial charge is 0.497 e. The van der Waals surface area contributed by atoms with E-state index in [0.29, 0.717) is 16.3 Å². The number of nitrogen functional groups attached to an aromatic ring is 1. The zero-order valence-electron chi connectivity index (χ0n) is 12.7. The van der Waals surface area contributed by atoms with Crippen LogP contribution in [0.4, 0.5) is 11.4 Å². The smallest absolute Gasteiger partial charge is 0.120 e. The summed E-state index contributed by atoms with van der Waals surface area (Å²) in [5.41, 5.74) is 9.14. The van der Waals surface area contributed by atoms with Crippen LogP contribution < -0.4 is 10.5 Å². The molecular weight excluding hydrogens is 284 g/mol. The van der Waals surface area contributed by atoms with Gasteiger partial charge in [-0.2, -0.15) is 4.36 Å². The standard InChI is InChI=1S/C16H20N2O2S/c1-11-9-16(12(2)8-15(11)17)18-21(4,19)14-7-5-6-13(10-14)20-3/h5-10H,17H2,1-4H3. The monoisotopic (exact) mass is 304 g/mol. The highest BCUT2D eigenvalue weighted by Gasteiger charge is 2.09. The molecule has 0 saturated carbocycles. The SMILES string of the molecule is COc1cccc(S(C)(=O)=Nc2cc(C)c(N)cc2C)c1. The Kier molecular flexibility index (Phi) is 4.23. The average Bonchev–Trinajstić information content (AvgIpc) is 2.44. The summed E-state index contributed by atoms with van der Waals surface area (Å²) in [4.78, 5) is 0.649. The van der Waals surface area contributed by atoms with Gasteiger partial charge in [0.15, 0.2) is 0 Å². The lowest BCUT2D eigenvalue weighted by molar-refractivity contribution is 0.413. The first kappa shape index (κ1) is 15.4. The third-order valence-electron chi connectivity index (χ3n) is 3.34. The predicted molar refractivity (Wildman–Crippen MR) is 87.7 cm³/mol. The third-order valence-corrected chi connectivity index (χ3v) is 5.01. The van der Waals surface area contributed by atoms with Gasteiger partial charge in [-0.3, -0.25) is 0 Å². The predicted octanol–water partition coefficient (Wildman–Crippen LogP) is 3.68. The van der Waals surface area contributed by atoms with E-state index < -0.39 is 9.73 Å². The van der Waals surface area contributed by atoms with E-state index in [2.05, 4.69) is 4.36 Å². The second kappa shape index (κ2) is 5.77. The van der Waals surface area contributed by atoms with Crippen LogP contribution >= 0.6 is 0 Å². The Morgan fingerprint density at radius 2 is 1.86 bits per heavy atom. The Labute approximate surface area is 126 Å². The highest BCUT2D eigenvalue weighted by molar-refractivity contribution is 7.93. The molecule has 0 aliphatic heterocycles. The second-order valence-electron chi connectivity index (χ2n) is 5.07. The molecule has 0 heterocycles. The van der Waals surface area contributed by atoms with Crippen molar-refractivity contribution >= 4 is 21.1 Å². The fourth-order valence-corrected chi connectivity index (χ4v) is 3.34. The van der Waals surface area contributed by atoms with Crippen LogP contribution in [0, 0.1) is 13.8 Å². The molecule has 0 amide bonds. The summed E-state index contributed by atoms with van der Waals surface area (Å²) in [7, 11) is -0.959. The molecule has 0 fully saturated rings. The molecule has 2 N–H and O–H groups in total. The lowest BCUT2D eigenvalue weighted by Gasteiger charge is -2.10. The first-order valence-corrected chi connectivity index (χ1v) is 8.49. The second-order valence-corrected chi connectivity index (χ2v) is 7.33. The van der Waals surface area contributed by atoms with E-state index in [1.165, 1.54) is 0 Å². The topological polar surface area (TPSA) is 64.7 Å². The Morgan fingerprint density at radius 3 is 2.52 bits per heavy atom. The molecule has 1 unspecified atom stereocenters. The molecule has 2 rings (SSSR count). The molecule has 1 atom stereocenters. The number of aryl methyl sites for hydroxylation is 2. The number of hydrogen-bond acceptors (Lipinski definition) is 4. The van der Waals surface area contributed by atoms with Gasteiger partial charge in [-0.1, -0.05) is 6.07 Å². The van der Waals surface area contributed by atoms with Gasteiger partial charge < -0.3 is 10.5 Å². The van der Waals surface area contributed by atoms with E-state index in [9.17, 15) is 4.21 Å². The molecule has 5 heteroatoms. The van der Waals surface area contributed by atoms with Gasteiger partial charge in [0, 0.05) is 11.9 Å². The van der Waals surface area contributed by atoms with Crippen molar-refractivity contribution in [1.29, 1.82) is 0 Å². The summed E-state index contributed by atoms with van der Waals surface area (Å²) in [6, 6.07) is 10.9. The summed E-state index contributed by atoms with van der Waals surface area (Å²) < 4.78 is 22.6. The van der Waals surface area contributed by atoms with Crippen LogP contribution in [0.5, 0.6) is 5.75 Å². The highest BCUT2D eigenvalue weighted by atomic mass is 32.2. The average molecular weight is 304 g/mol. The van der Waals surface area contributed by atoms with Crippen LogP contribution in [0.2, 0.25) is 0 Å². The van der Waals surface area contributed by atoms with Gasteiger partial charge >= 0.3 is 0 Å². The zero-order chi connectivity index (χ0) is 15.6. The number of rotatable bonds is 3. The minimum atomic E-state index is -2.54. The molecule has 0 spiro atoms. The molecule has 112 valence electrons. The minimum absolute atomic E-state index is 0.649. The van der Waals surface area contributed by atoms with Crippen LogP contribution in [0.25, 0.3) is 0 Å². The number of methoxy groups -OCH3 is 1. The van der Waals surface area contributed by atoms with E-state index in [1.54, 1.807) is 25.5 Å². The molecule has 0 aromatic heterocycles. The number of ether oxygens (including phenoxy) is 1. The van der Waals surface area contributed by atoms with E-state index in [0.717, 1.165) is 16.8 Å². The van der Waals surface area contributed by atoms with E-state index in [4.69, 9.17) is 10.5 Å². The fourth-order valence-electron chi connectivity index (χ4n) is 2.00. The quantitative estimate of drug-likeness (QED) is 0.880. The van der Waals surface area contributed by atoms with Crippen molar-refractivity contribution in [3.8, 4) is 5.75 Å². The lowest BCUT2D eigenvalue weighted by Crippen LogP contribution is -1.98. The van der Waals surface area contributed by atoms with Crippen molar-refractivity contribution in [2.24, 2.45) is 4.36 Å². The minimum Gasteiger partial charge on any atom is -0.497 e. The summed E-state index contributed by atoms with van der Waals surface area (Å²) in [5, 5.41) is 0. The molecule has 0 radical (unpaired) electrons. The Bertz CT molecular complexity index is 791. The van der Waals surface area contributed by atoms with Gasteiger partial charge in [-0.15, -0.1) is 0 Å². The van der Waals surface area contributed by atoms with Crippen LogP contribution in [0.15, 0.2) is 45.7 Å². The number of nitrogens with zero attached hydrogens (tertiary/aromatic N) is 1. The van der Waals surface area contributed by atoms with Crippen LogP contribution in [0.3, 0.4) is 0 Å². The van der Waals surface area contributed by atoms with Crippen molar-refractivity contribution in [1.82, 2.24) is 0 Å². The Hall–Kier alpha value is -2.01. The Morgan fingerprint density at radius 1 is 1.14 bits per heavy atom. The van der Waals surface area contributed by atoms with Crippen molar-refractivity contribution in [2.45, 2.75) is 18.7 Å². The van der Waals surface area contributed by atoms with E-state index in [-0.39, 0.29) is 0 Å². The number of anilines is 1. The summed E-state index contributed by atoms with van der Waals surface area (Å²) in [6.07, 6.45) is 1.63. The zero-order valence-corrected chi connectivity index (χ0v) is 13.5. The van der Waals surface area contributed by atoms with Gasteiger partial charge in [0.1, 0.15) is 5.75 Å². The molecule has 0 aliphatic carbocycles. The van der Waals surface area contributed by atoms with Crippen molar-refractivity contribution in [3.63, 3.8) is 0 Å². The molecule has 0 aliphatic rings. The van der Waals surface area contributed by atoms with Crippen molar-refractivity contribution < 1.29 is 8.95 Å². The number of hydrogen-bond donors (Lipinski definition) is 1. The molecular formula is C16H20N2O2S. The van der Waals surface area contributed by atoms with Crippen molar-refractivity contribution in [2.75, 3.05) is 19.1 Å². The first-order valence-electron chi connectivity index (χ1n) is 6.56. The summed E-state index contributed by atoms with van der Waals surface area (Å²) in [5.74, 6) is 0.669. The number of nitrogens with two attached hydrogens (primary N) is 1. The van der Waals surface area contributed by atoms with E-state index in [1.807, 2.05) is 38.1 Å². The maximum absolute atomic E-state index is 12.9. The normalized spacial score (nSPS) is 13.5. The lowest BCUT2D eigenvalue weighted by atomic mass is 10.1. The van der Waals surface area contributed by atoms with Gasteiger partial charge in [-0.25, -0.2) is 4.21 Å². The van der Waals surface area contributed by atoms with Gasteiger partial charge in [0.2, 0.25) is 0 Å². The molecule has 4 nitrogen and oxygen atoms in total. The molecule has 0 bridgehead atoms.